The van der Waals surface area contributed by atoms with Crippen molar-refractivity contribution in [2.45, 2.75) is 361 Å². The minimum absolute atomic E-state index is 0.0723. The molecule has 1 atom stereocenters. The predicted molar refractivity (Wildman–Crippen MR) is 335 cm³/mol. The van der Waals surface area contributed by atoms with E-state index in [4.69, 9.17) is 14.2 Å². The molecule has 448 valence electrons. The van der Waals surface area contributed by atoms with Crippen molar-refractivity contribution >= 4 is 17.9 Å². The number of carbonyl (C=O) groups is 3. The Bertz CT molecular complexity index is 1380. The number of esters is 3. The Morgan fingerprint density at radius 1 is 0.273 bits per heavy atom. The predicted octanol–water partition coefficient (Wildman–Crippen LogP) is 23.1. The number of hydrogen-bond acceptors (Lipinski definition) is 6. The summed E-state index contributed by atoms with van der Waals surface area (Å²) in [5.41, 5.74) is 0. The molecule has 0 saturated carbocycles. The summed E-state index contributed by atoms with van der Waals surface area (Å²) < 4.78 is 17.0. The Labute approximate surface area is 479 Å². The highest BCUT2D eigenvalue weighted by atomic mass is 16.6. The Morgan fingerprint density at radius 2 is 0.506 bits per heavy atom. The molecule has 6 heteroatoms. The second kappa shape index (κ2) is 65.6. The first kappa shape index (κ1) is 74.1. The molecule has 6 nitrogen and oxygen atoms in total. The molecule has 0 aromatic carbocycles. The molecule has 0 spiro atoms. The van der Waals surface area contributed by atoms with E-state index in [1.54, 1.807) is 0 Å². The zero-order valence-corrected chi connectivity index (χ0v) is 51.5. The topological polar surface area (TPSA) is 78.9 Å². The molecule has 0 fully saturated rings. The van der Waals surface area contributed by atoms with Gasteiger partial charge in [0.2, 0.25) is 0 Å². The van der Waals surface area contributed by atoms with E-state index in [-0.39, 0.29) is 31.1 Å². The Hall–Kier alpha value is -2.89. The van der Waals surface area contributed by atoms with Gasteiger partial charge in [0.25, 0.3) is 0 Å². The number of unbranched alkanes of at least 4 members (excludes halogenated alkanes) is 41. The van der Waals surface area contributed by atoms with Gasteiger partial charge in [-0.05, 0) is 64.2 Å². The molecular formula is C71H128O6. The molecule has 0 rings (SSSR count). The zero-order chi connectivity index (χ0) is 55.7. The highest BCUT2D eigenvalue weighted by molar-refractivity contribution is 5.71. The van der Waals surface area contributed by atoms with Gasteiger partial charge in [0, 0.05) is 19.3 Å². The van der Waals surface area contributed by atoms with E-state index in [1.165, 1.54) is 218 Å². The largest absolute Gasteiger partial charge is 0.462 e. The third-order valence-corrected chi connectivity index (χ3v) is 15.0. The van der Waals surface area contributed by atoms with Crippen LogP contribution in [0.15, 0.2) is 60.8 Å². The van der Waals surface area contributed by atoms with Crippen molar-refractivity contribution in [3.63, 3.8) is 0 Å². The average Bonchev–Trinajstić information content (AvgIpc) is 3.43. The lowest BCUT2D eigenvalue weighted by Gasteiger charge is -2.18. The van der Waals surface area contributed by atoms with Crippen molar-refractivity contribution in [2.75, 3.05) is 13.2 Å². The summed E-state index contributed by atoms with van der Waals surface area (Å²) in [7, 11) is 0. The summed E-state index contributed by atoms with van der Waals surface area (Å²) in [5.74, 6) is -0.858. The van der Waals surface area contributed by atoms with E-state index < -0.39 is 6.10 Å². The van der Waals surface area contributed by atoms with Crippen molar-refractivity contribution in [1.82, 2.24) is 0 Å². The fourth-order valence-electron chi connectivity index (χ4n) is 10.0. The molecule has 0 radical (unpaired) electrons. The molecule has 0 heterocycles. The lowest BCUT2D eigenvalue weighted by atomic mass is 10.0. The van der Waals surface area contributed by atoms with E-state index in [0.29, 0.717) is 19.3 Å². The van der Waals surface area contributed by atoms with Crippen LogP contribution in [0.3, 0.4) is 0 Å². The van der Waals surface area contributed by atoms with Gasteiger partial charge in [-0.15, -0.1) is 0 Å². The first-order valence-corrected chi connectivity index (χ1v) is 33.8. The van der Waals surface area contributed by atoms with Crippen LogP contribution in [0, 0.1) is 0 Å². The highest BCUT2D eigenvalue weighted by Gasteiger charge is 2.19. The normalized spacial score (nSPS) is 12.4. The Morgan fingerprint density at radius 3 is 0.792 bits per heavy atom. The molecule has 0 amide bonds. The summed E-state index contributed by atoms with van der Waals surface area (Å²) in [5, 5.41) is 0. The number of rotatable bonds is 62. The Kier molecular flexibility index (Phi) is 63.2. The molecule has 0 bridgehead atoms. The number of allylic oxidation sites excluding steroid dienone is 10. The lowest BCUT2D eigenvalue weighted by molar-refractivity contribution is -0.167. The maximum Gasteiger partial charge on any atom is 0.306 e. The lowest BCUT2D eigenvalue weighted by Crippen LogP contribution is -2.30. The van der Waals surface area contributed by atoms with Crippen LogP contribution in [-0.4, -0.2) is 37.2 Å². The van der Waals surface area contributed by atoms with Crippen LogP contribution in [0.5, 0.6) is 0 Å². The molecule has 0 aliphatic carbocycles. The smallest absolute Gasteiger partial charge is 0.306 e. The van der Waals surface area contributed by atoms with Gasteiger partial charge in [-0.2, -0.15) is 0 Å². The minimum atomic E-state index is -0.777. The van der Waals surface area contributed by atoms with Crippen molar-refractivity contribution in [3.05, 3.63) is 60.8 Å². The summed E-state index contributed by atoms with van der Waals surface area (Å²) in [4.78, 5) is 38.4. The molecule has 0 aromatic rings. The molecule has 0 N–H and O–H groups in total. The van der Waals surface area contributed by atoms with Gasteiger partial charge in [-0.3, -0.25) is 14.4 Å². The second-order valence-electron chi connectivity index (χ2n) is 22.7. The highest BCUT2D eigenvalue weighted by Crippen LogP contribution is 2.18. The van der Waals surface area contributed by atoms with Crippen molar-refractivity contribution in [3.8, 4) is 0 Å². The fraction of sp³-hybridized carbons (Fsp3) is 0.817. The van der Waals surface area contributed by atoms with Crippen molar-refractivity contribution in [1.29, 1.82) is 0 Å². The maximum atomic E-state index is 12.9. The second-order valence-corrected chi connectivity index (χ2v) is 22.7. The van der Waals surface area contributed by atoms with Gasteiger partial charge < -0.3 is 14.2 Å². The first-order chi connectivity index (χ1) is 38.0. The Balaban J connectivity index is 4.35. The van der Waals surface area contributed by atoms with Crippen LogP contribution in [0.1, 0.15) is 355 Å². The quantitative estimate of drug-likeness (QED) is 0.0261. The van der Waals surface area contributed by atoms with Gasteiger partial charge in [0.1, 0.15) is 13.2 Å². The van der Waals surface area contributed by atoms with E-state index in [1.807, 2.05) is 0 Å². The molecular weight excluding hydrogens is 949 g/mol. The van der Waals surface area contributed by atoms with E-state index >= 15 is 0 Å². The zero-order valence-electron chi connectivity index (χ0n) is 51.5. The van der Waals surface area contributed by atoms with Gasteiger partial charge >= 0.3 is 17.9 Å². The molecule has 0 saturated heterocycles. The summed E-state index contributed by atoms with van der Waals surface area (Å²) in [6.07, 6.45) is 83.7. The van der Waals surface area contributed by atoms with Gasteiger partial charge in [-0.25, -0.2) is 0 Å². The average molecular weight is 1080 g/mol. The third-order valence-electron chi connectivity index (χ3n) is 15.0. The van der Waals surface area contributed by atoms with Crippen LogP contribution in [0.25, 0.3) is 0 Å². The molecule has 1 unspecified atom stereocenters. The van der Waals surface area contributed by atoms with Gasteiger partial charge in [0.05, 0.1) is 0 Å². The van der Waals surface area contributed by atoms with Gasteiger partial charge in [0.15, 0.2) is 6.10 Å². The van der Waals surface area contributed by atoms with Crippen molar-refractivity contribution in [2.24, 2.45) is 0 Å². The van der Waals surface area contributed by atoms with E-state index in [2.05, 4.69) is 81.5 Å². The number of hydrogen-bond donors (Lipinski definition) is 0. The summed E-state index contributed by atoms with van der Waals surface area (Å²) in [6.45, 7) is 6.59. The third kappa shape index (κ3) is 63.8. The van der Waals surface area contributed by atoms with Crippen LogP contribution in [0.2, 0.25) is 0 Å². The van der Waals surface area contributed by atoms with Crippen LogP contribution in [0.4, 0.5) is 0 Å². The fourth-order valence-corrected chi connectivity index (χ4v) is 10.0. The van der Waals surface area contributed by atoms with Crippen LogP contribution in [-0.2, 0) is 28.6 Å². The van der Waals surface area contributed by atoms with Crippen molar-refractivity contribution < 1.29 is 28.6 Å². The van der Waals surface area contributed by atoms with E-state index in [0.717, 1.165) is 96.3 Å². The SMILES string of the molecule is CC/C=C\C/C=C\C/C=C\C/C=C\C/C=C\CCCCCCCCCC(=O)OCC(COC(=O)CCCCCCCCCCCCCCCCCCCC)OC(=O)CCCCCCCCCCCCCCCCCCCC. The van der Waals surface area contributed by atoms with Gasteiger partial charge in [-0.1, -0.05) is 332 Å². The molecule has 0 aliphatic heterocycles. The summed E-state index contributed by atoms with van der Waals surface area (Å²) in [6, 6.07) is 0. The number of carbonyl (C=O) groups excluding carboxylic acids is 3. The monoisotopic (exact) mass is 1080 g/mol. The standard InChI is InChI=1S/C71H128O6/c1-4-7-10-13-16-19-22-25-28-31-34-35-36-37-38-41-43-46-49-52-55-58-61-64-70(73)76-67-68(77-71(74)65-62-59-56-53-50-47-44-40-33-30-27-24-21-18-15-12-9-6-3)66-75-69(72)63-60-57-54-51-48-45-42-39-32-29-26-23-20-17-14-11-8-5-2/h7,10,16,19,25,28,34-35,37-38,68H,4-6,8-9,11-15,17-18,20-24,26-27,29-33,36,39-67H2,1-3H3/b10-7-,19-16-,28-25-,35-34-,38-37-. The minimum Gasteiger partial charge on any atom is -0.462 e. The van der Waals surface area contributed by atoms with Crippen LogP contribution >= 0.6 is 0 Å². The molecule has 77 heavy (non-hydrogen) atoms. The number of ether oxygens (including phenoxy) is 3. The van der Waals surface area contributed by atoms with E-state index in [9.17, 15) is 14.4 Å². The molecule has 0 aliphatic rings. The first-order valence-electron chi connectivity index (χ1n) is 33.8. The molecule has 0 aromatic heterocycles. The van der Waals surface area contributed by atoms with Crippen LogP contribution < -0.4 is 0 Å². The summed E-state index contributed by atoms with van der Waals surface area (Å²) >= 11 is 0. The maximum absolute atomic E-state index is 12.9.